The number of ether oxygens (including phenoxy) is 3. The minimum atomic E-state index is -0.882. The van der Waals surface area contributed by atoms with Crippen molar-refractivity contribution in [3.8, 4) is 5.75 Å². The van der Waals surface area contributed by atoms with Crippen LogP contribution in [0.15, 0.2) is 24.3 Å². The zero-order chi connectivity index (χ0) is 16.5. The van der Waals surface area contributed by atoms with Gasteiger partial charge in [-0.3, -0.25) is 4.79 Å². The third-order valence-corrected chi connectivity index (χ3v) is 2.90. The van der Waals surface area contributed by atoms with Gasteiger partial charge in [0, 0.05) is 13.7 Å². The van der Waals surface area contributed by atoms with Crippen molar-refractivity contribution in [2.45, 2.75) is 33.0 Å². The average Bonchev–Trinajstić information content (AvgIpc) is 2.47. The van der Waals surface area contributed by atoms with Crippen LogP contribution in [0.3, 0.4) is 0 Å². The van der Waals surface area contributed by atoms with Gasteiger partial charge in [-0.2, -0.15) is 0 Å². The van der Waals surface area contributed by atoms with Gasteiger partial charge in [-0.15, -0.1) is 0 Å². The molecule has 0 saturated carbocycles. The number of methoxy groups -OCH3 is 1. The quantitative estimate of drug-likeness (QED) is 0.581. The van der Waals surface area contributed by atoms with Gasteiger partial charge < -0.3 is 19.5 Å². The first-order chi connectivity index (χ1) is 10.4. The van der Waals surface area contributed by atoms with Crippen LogP contribution in [0.25, 0.3) is 0 Å². The highest BCUT2D eigenvalue weighted by Gasteiger charge is 2.22. The van der Waals surface area contributed by atoms with E-state index in [1.807, 2.05) is 25.1 Å². The number of aryl methyl sites for hydroxylation is 1. The Morgan fingerprint density at radius 2 is 1.95 bits per heavy atom. The van der Waals surface area contributed by atoms with Gasteiger partial charge in [0.1, 0.15) is 5.75 Å². The van der Waals surface area contributed by atoms with Gasteiger partial charge >= 0.3 is 5.97 Å². The largest absolute Gasteiger partial charge is 0.479 e. The predicted molar refractivity (Wildman–Crippen MR) is 81.7 cm³/mol. The van der Waals surface area contributed by atoms with Crippen LogP contribution in [0.1, 0.15) is 19.4 Å². The van der Waals surface area contributed by atoms with Crippen molar-refractivity contribution in [3.05, 3.63) is 29.8 Å². The normalized spacial score (nSPS) is 13.1. The van der Waals surface area contributed by atoms with Crippen molar-refractivity contribution < 1.29 is 23.8 Å². The van der Waals surface area contributed by atoms with Crippen LogP contribution in [0.2, 0.25) is 0 Å². The van der Waals surface area contributed by atoms with E-state index in [9.17, 15) is 9.59 Å². The number of esters is 1. The summed E-state index contributed by atoms with van der Waals surface area (Å²) in [6.45, 7) is 5.80. The summed E-state index contributed by atoms with van der Waals surface area (Å²) in [5, 5.41) is 2.60. The molecule has 0 unspecified atom stereocenters. The Kier molecular flexibility index (Phi) is 7.39. The Balaban J connectivity index is 2.44. The minimum Gasteiger partial charge on any atom is -0.479 e. The molecule has 2 atom stereocenters. The van der Waals surface area contributed by atoms with Gasteiger partial charge in [0.2, 0.25) is 0 Å². The number of amides is 1. The maximum atomic E-state index is 11.9. The van der Waals surface area contributed by atoms with Crippen LogP contribution in [-0.4, -0.2) is 44.3 Å². The van der Waals surface area contributed by atoms with Gasteiger partial charge in [-0.1, -0.05) is 12.1 Å². The monoisotopic (exact) mass is 309 g/mol. The van der Waals surface area contributed by atoms with Gasteiger partial charge in [0.25, 0.3) is 5.91 Å². The first kappa shape index (κ1) is 18.0. The highest BCUT2D eigenvalue weighted by molar-refractivity contribution is 5.84. The van der Waals surface area contributed by atoms with Crippen molar-refractivity contribution in [2.75, 3.05) is 20.3 Å². The fraction of sp³-hybridized carbons (Fsp3) is 0.500. The zero-order valence-electron chi connectivity index (χ0n) is 13.4. The molecule has 0 radical (unpaired) electrons. The van der Waals surface area contributed by atoms with E-state index in [1.54, 1.807) is 20.1 Å². The lowest BCUT2D eigenvalue weighted by Gasteiger charge is -2.18. The summed E-state index contributed by atoms with van der Waals surface area (Å²) < 4.78 is 15.4. The second kappa shape index (κ2) is 9.04. The van der Waals surface area contributed by atoms with Crippen LogP contribution >= 0.6 is 0 Å². The number of benzene rings is 1. The van der Waals surface area contributed by atoms with E-state index in [2.05, 4.69) is 5.32 Å². The molecule has 0 aliphatic carbocycles. The molecule has 0 bridgehead atoms. The molecule has 0 heterocycles. The maximum absolute atomic E-state index is 11.9. The van der Waals surface area contributed by atoms with Crippen molar-refractivity contribution in [1.82, 2.24) is 5.32 Å². The Hall–Kier alpha value is -2.08. The Labute approximate surface area is 130 Å². The van der Waals surface area contributed by atoms with E-state index >= 15 is 0 Å². The Morgan fingerprint density at radius 1 is 1.23 bits per heavy atom. The summed E-state index contributed by atoms with van der Waals surface area (Å²) in [5.41, 5.74) is 1.03. The Morgan fingerprint density at radius 3 is 2.59 bits per heavy atom. The fourth-order valence-electron chi connectivity index (χ4n) is 1.68. The summed E-state index contributed by atoms with van der Waals surface area (Å²) >= 11 is 0. The molecule has 1 rings (SSSR count). The predicted octanol–water partition coefficient (Wildman–Crippen LogP) is 1.46. The first-order valence-electron chi connectivity index (χ1n) is 7.14. The van der Waals surface area contributed by atoms with E-state index in [0.29, 0.717) is 18.9 Å². The van der Waals surface area contributed by atoms with E-state index in [0.717, 1.165) is 5.56 Å². The summed E-state index contributed by atoms with van der Waals surface area (Å²) in [7, 11) is 1.54. The molecule has 6 nitrogen and oxygen atoms in total. The third kappa shape index (κ3) is 6.13. The molecule has 6 heteroatoms. The lowest BCUT2D eigenvalue weighted by atomic mass is 10.2. The van der Waals surface area contributed by atoms with Gasteiger partial charge in [-0.25, -0.2) is 4.79 Å². The van der Waals surface area contributed by atoms with Crippen molar-refractivity contribution >= 4 is 11.9 Å². The molecule has 122 valence electrons. The number of nitrogens with one attached hydrogen (secondary N) is 1. The molecule has 0 spiro atoms. The summed E-state index contributed by atoms with van der Waals surface area (Å²) in [4.78, 5) is 23.6. The van der Waals surface area contributed by atoms with E-state index in [-0.39, 0.29) is 5.91 Å². The maximum Gasteiger partial charge on any atom is 0.347 e. The number of hydrogen-bond donors (Lipinski definition) is 1. The number of carbonyl (C=O) groups is 2. The van der Waals surface area contributed by atoms with Crippen molar-refractivity contribution in [1.29, 1.82) is 0 Å². The summed E-state index contributed by atoms with van der Waals surface area (Å²) in [6.07, 6.45) is -1.68. The molecule has 1 aromatic rings. The van der Waals surface area contributed by atoms with Crippen LogP contribution in [0.4, 0.5) is 0 Å². The first-order valence-corrected chi connectivity index (χ1v) is 7.14. The lowest BCUT2D eigenvalue weighted by Crippen LogP contribution is -2.39. The van der Waals surface area contributed by atoms with E-state index < -0.39 is 18.2 Å². The lowest BCUT2D eigenvalue weighted by molar-refractivity contribution is -0.160. The molecule has 0 aliphatic heterocycles. The molecule has 1 amide bonds. The summed E-state index contributed by atoms with van der Waals surface area (Å²) in [6, 6.07) is 7.36. The van der Waals surface area contributed by atoms with E-state index in [1.165, 1.54) is 6.92 Å². The van der Waals surface area contributed by atoms with Crippen molar-refractivity contribution in [3.63, 3.8) is 0 Å². The molecule has 1 N–H and O–H groups in total. The van der Waals surface area contributed by atoms with E-state index in [4.69, 9.17) is 14.2 Å². The minimum absolute atomic E-state index is 0.367. The standard InChI is InChI=1S/C16H23NO5/c1-11-6-5-7-14(10-11)21-13(3)16(19)22-12(2)15(18)17-8-9-20-4/h5-7,10,12-13H,8-9H2,1-4H3,(H,17,18)/t12-,13-/m1/s1. The highest BCUT2D eigenvalue weighted by Crippen LogP contribution is 2.14. The molecular weight excluding hydrogens is 286 g/mol. The number of rotatable bonds is 8. The van der Waals surface area contributed by atoms with Gasteiger partial charge in [-0.05, 0) is 38.5 Å². The zero-order valence-corrected chi connectivity index (χ0v) is 13.4. The summed E-state index contributed by atoms with van der Waals surface area (Å²) in [5.74, 6) is -0.370. The molecule has 0 fully saturated rings. The second-order valence-electron chi connectivity index (χ2n) is 4.94. The molecule has 1 aromatic carbocycles. The average molecular weight is 309 g/mol. The van der Waals surface area contributed by atoms with Crippen LogP contribution in [-0.2, 0) is 19.1 Å². The molecule has 0 saturated heterocycles. The molecule has 0 aromatic heterocycles. The number of hydrogen-bond acceptors (Lipinski definition) is 5. The highest BCUT2D eigenvalue weighted by atomic mass is 16.6. The van der Waals surface area contributed by atoms with Crippen LogP contribution in [0, 0.1) is 6.92 Å². The SMILES string of the molecule is COCCNC(=O)[C@@H](C)OC(=O)[C@@H](C)Oc1cccc(C)c1. The molecule has 22 heavy (non-hydrogen) atoms. The van der Waals surface area contributed by atoms with Gasteiger partial charge in [0.15, 0.2) is 12.2 Å². The molecule has 0 aliphatic rings. The van der Waals surface area contributed by atoms with Crippen LogP contribution < -0.4 is 10.1 Å². The van der Waals surface area contributed by atoms with Crippen molar-refractivity contribution in [2.24, 2.45) is 0 Å². The topological polar surface area (TPSA) is 73.9 Å². The fourth-order valence-corrected chi connectivity index (χ4v) is 1.68. The number of carbonyl (C=O) groups excluding carboxylic acids is 2. The van der Waals surface area contributed by atoms with Gasteiger partial charge in [0.05, 0.1) is 6.61 Å². The smallest absolute Gasteiger partial charge is 0.347 e. The second-order valence-corrected chi connectivity index (χ2v) is 4.94. The third-order valence-electron chi connectivity index (χ3n) is 2.90. The van der Waals surface area contributed by atoms with Crippen LogP contribution in [0.5, 0.6) is 5.75 Å². The molecular formula is C16H23NO5. The Bertz CT molecular complexity index is 503.